The summed E-state index contributed by atoms with van der Waals surface area (Å²) in [5, 5.41) is 0. The summed E-state index contributed by atoms with van der Waals surface area (Å²) < 4.78 is 24.2. The largest absolute Gasteiger partial charge is 0.342 e. The molecule has 1 amide bonds. The average Bonchev–Trinajstić information content (AvgIpc) is 3.11. The van der Waals surface area contributed by atoms with E-state index in [4.69, 9.17) is 0 Å². The fourth-order valence-electron chi connectivity index (χ4n) is 2.19. The lowest BCUT2D eigenvalue weighted by Gasteiger charge is -2.33. The lowest BCUT2D eigenvalue weighted by molar-refractivity contribution is -0.131. The summed E-state index contributed by atoms with van der Waals surface area (Å²) in [5.41, 5.74) is 0. The molecule has 0 aromatic heterocycles. The van der Waals surface area contributed by atoms with Gasteiger partial charge in [0, 0.05) is 39.3 Å². The zero-order valence-electron chi connectivity index (χ0n) is 11.0. The molecule has 2 fully saturated rings. The van der Waals surface area contributed by atoms with Crippen molar-refractivity contribution >= 4 is 15.9 Å². The molecule has 2 aliphatic rings. The van der Waals surface area contributed by atoms with Crippen molar-refractivity contribution in [3.63, 3.8) is 0 Å². The van der Waals surface area contributed by atoms with Crippen molar-refractivity contribution in [1.29, 1.82) is 0 Å². The third-order valence-electron chi connectivity index (χ3n) is 3.65. The number of piperazine rings is 1. The standard InChI is InChI=1S/C11H21N3O3S/c1-12(10-3-4-10)11(15)9-13-5-7-14(8-6-13)18(2,16)17/h10H,3-9H2,1-2H3. The van der Waals surface area contributed by atoms with Crippen molar-refractivity contribution in [2.45, 2.75) is 18.9 Å². The molecular weight excluding hydrogens is 254 g/mol. The minimum Gasteiger partial charge on any atom is -0.342 e. The monoisotopic (exact) mass is 275 g/mol. The summed E-state index contributed by atoms with van der Waals surface area (Å²) in [5.74, 6) is 0.144. The third kappa shape index (κ3) is 3.43. The summed E-state index contributed by atoms with van der Waals surface area (Å²) in [6, 6.07) is 0.440. The molecule has 0 aromatic carbocycles. The van der Waals surface area contributed by atoms with Gasteiger partial charge in [0.25, 0.3) is 0 Å². The van der Waals surface area contributed by atoms with E-state index in [1.807, 2.05) is 16.8 Å². The van der Waals surface area contributed by atoms with Crippen LogP contribution in [0.2, 0.25) is 0 Å². The number of carbonyl (C=O) groups is 1. The maximum Gasteiger partial charge on any atom is 0.236 e. The van der Waals surface area contributed by atoms with Gasteiger partial charge in [-0.05, 0) is 12.8 Å². The van der Waals surface area contributed by atoms with Crippen molar-refractivity contribution in [3.05, 3.63) is 0 Å². The lowest BCUT2D eigenvalue weighted by atomic mass is 10.3. The Balaban J connectivity index is 1.78. The number of hydrogen-bond donors (Lipinski definition) is 0. The van der Waals surface area contributed by atoms with Gasteiger partial charge in [0.15, 0.2) is 0 Å². The van der Waals surface area contributed by atoms with E-state index in [1.165, 1.54) is 10.6 Å². The highest BCUT2D eigenvalue weighted by molar-refractivity contribution is 7.88. The van der Waals surface area contributed by atoms with Crippen LogP contribution in [0.25, 0.3) is 0 Å². The third-order valence-corrected chi connectivity index (χ3v) is 4.95. The molecule has 1 aliphatic carbocycles. The number of amides is 1. The highest BCUT2D eigenvalue weighted by atomic mass is 32.2. The molecule has 1 aliphatic heterocycles. The number of carbonyl (C=O) groups excluding carboxylic acids is 1. The maximum absolute atomic E-state index is 11.9. The number of nitrogens with zero attached hydrogens (tertiary/aromatic N) is 3. The average molecular weight is 275 g/mol. The molecule has 18 heavy (non-hydrogen) atoms. The Bertz CT molecular complexity index is 411. The second-order valence-corrected chi connectivity index (χ2v) is 7.16. The van der Waals surface area contributed by atoms with Crippen LogP contribution in [-0.4, -0.2) is 80.5 Å². The molecule has 0 N–H and O–H groups in total. The smallest absolute Gasteiger partial charge is 0.236 e. The van der Waals surface area contributed by atoms with Crippen LogP contribution in [0, 0.1) is 0 Å². The first kappa shape index (κ1) is 13.8. The Labute approximate surface area is 109 Å². The molecule has 0 bridgehead atoms. The van der Waals surface area contributed by atoms with E-state index in [1.54, 1.807) is 0 Å². The van der Waals surface area contributed by atoms with E-state index in [0.29, 0.717) is 38.8 Å². The van der Waals surface area contributed by atoms with Gasteiger partial charge in [-0.15, -0.1) is 0 Å². The second-order valence-electron chi connectivity index (χ2n) is 5.17. The molecule has 0 aromatic rings. The van der Waals surface area contributed by atoms with Crippen LogP contribution in [0.15, 0.2) is 0 Å². The molecule has 6 nitrogen and oxygen atoms in total. The van der Waals surface area contributed by atoms with Gasteiger partial charge >= 0.3 is 0 Å². The van der Waals surface area contributed by atoms with Crippen molar-refractivity contribution in [3.8, 4) is 0 Å². The highest BCUT2D eigenvalue weighted by Crippen LogP contribution is 2.25. The predicted molar refractivity (Wildman–Crippen MR) is 68.6 cm³/mol. The topological polar surface area (TPSA) is 60.9 Å². The molecule has 1 saturated heterocycles. The molecular formula is C11H21N3O3S. The molecule has 7 heteroatoms. The van der Waals surface area contributed by atoms with Gasteiger partial charge in [-0.25, -0.2) is 8.42 Å². The summed E-state index contributed by atoms with van der Waals surface area (Å²) in [6.45, 7) is 2.65. The zero-order valence-corrected chi connectivity index (χ0v) is 11.8. The lowest BCUT2D eigenvalue weighted by Crippen LogP contribution is -2.51. The molecule has 0 spiro atoms. The van der Waals surface area contributed by atoms with Gasteiger partial charge in [-0.2, -0.15) is 4.31 Å². The Morgan fingerprint density at radius 2 is 1.78 bits per heavy atom. The van der Waals surface area contributed by atoms with Crippen LogP contribution in [0.4, 0.5) is 0 Å². The fourth-order valence-corrected chi connectivity index (χ4v) is 3.01. The first-order valence-corrected chi connectivity index (χ1v) is 8.16. The summed E-state index contributed by atoms with van der Waals surface area (Å²) in [7, 11) is -1.23. The van der Waals surface area contributed by atoms with E-state index in [-0.39, 0.29) is 5.91 Å². The molecule has 0 unspecified atom stereocenters. The van der Waals surface area contributed by atoms with E-state index < -0.39 is 10.0 Å². The second kappa shape index (κ2) is 5.14. The summed E-state index contributed by atoms with van der Waals surface area (Å²) in [4.78, 5) is 15.8. The predicted octanol–water partition coefficient (Wildman–Crippen LogP) is -0.816. The molecule has 1 heterocycles. The van der Waals surface area contributed by atoms with Crippen LogP contribution in [-0.2, 0) is 14.8 Å². The fraction of sp³-hybridized carbons (Fsp3) is 0.909. The van der Waals surface area contributed by atoms with Crippen LogP contribution in [0.3, 0.4) is 0 Å². The Morgan fingerprint density at radius 1 is 1.22 bits per heavy atom. The number of hydrogen-bond acceptors (Lipinski definition) is 4. The zero-order chi connectivity index (χ0) is 13.3. The maximum atomic E-state index is 11.9. The highest BCUT2D eigenvalue weighted by Gasteiger charge is 2.31. The first-order chi connectivity index (χ1) is 8.38. The Kier molecular flexibility index (Phi) is 3.93. The van der Waals surface area contributed by atoms with Gasteiger partial charge in [-0.3, -0.25) is 9.69 Å². The van der Waals surface area contributed by atoms with Gasteiger partial charge in [0.1, 0.15) is 0 Å². The van der Waals surface area contributed by atoms with Gasteiger partial charge in [-0.1, -0.05) is 0 Å². The van der Waals surface area contributed by atoms with Crippen molar-refractivity contribution in [2.75, 3.05) is 46.0 Å². The van der Waals surface area contributed by atoms with Gasteiger partial charge in [0.05, 0.1) is 12.8 Å². The Morgan fingerprint density at radius 3 is 2.22 bits per heavy atom. The Hall–Kier alpha value is -0.660. The molecule has 1 saturated carbocycles. The summed E-state index contributed by atoms with van der Waals surface area (Å²) >= 11 is 0. The van der Waals surface area contributed by atoms with E-state index >= 15 is 0 Å². The first-order valence-electron chi connectivity index (χ1n) is 6.31. The minimum absolute atomic E-state index is 0.144. The van der Waals surface area contributed by atoms with E-state index in [9.17, 15) is 13.2 Å². The van der Waals surface area contributed by atoms with Crippen LogP contribution < -0.4 is 0 Å². The molecule has 0 radical (unpaired) electrons. The normalized spacial score (nSPS) is 23.0. The number of sulfonamides is 1. The molecule has 2 rings (SSSR count). The molecule has 0 atom stereocenters. The minimum atomic E-state index is -3.09. The van der Waals surface area contributed by atoms with Crippen molar-refractivity contribution in [1.82, 2.24) is 14.1 Å². The van der Waals surface area contributed by atoms with Crippen LogP contribution in [0.1, 0.15) is 12.8 Å². The summed E-state index contributed by atoms with van der Waals surface area (Å²) in [6.07, 6.45) is 3.46. The number of rotatable bonds is 4. The quantitative estimate of drug-likeness (QED) is 0.673. The van der Waals surface area contributed by atoms with Gasteiger partial charge in [0.2, 0.25) is 15.9 Å². The van der Waals surface area contributed by atoms with Crippen molar-refractivity contribution < 1.29 is 13.2 Å². The van der Waals surface area contributed by atoms with Crippen LogP contribution >= 0.6 is 0 Å². The van der Waals surface area contributed by atoms with Crippen molar-refractivity contribution in [2.24, 2.45) is 0 Å². The van der Waals surface area contributed by atoms with Crippen LogP contribution in [0.5, 0.6) is 0 Å². The van der Waals surface area contributed by atoms with Gasteiger partial charge < -0.3 is 4.90 Å². The number of likely N-dealkylation sites (N-methyl/N-ethyl adjacent to an activating group) is 1. The molecule has 104 valence electrons. The van der Waals surface area contributed by atoms with E-state index in [2.05, 4.69) is 0 Å². The van der Waals surface area contributed by atoms with E-state index in [0.717, 1.165) is 12.8 Å². The SMILES string of the molecule is CN(C(=O)CN1CCN(S(C)(=O)=O)CC1)C1CC1.